The fourth-order valence-corrected chi connectivity index (χ4v) is 5.51. The summed E-state index contributed by atoms with van der Waals surface area (Å²) in [4.78, 5) is 53.2. The lowest BCUT2D eigenvalue weighted by molar-refractivity contribution is -0.143. The highest BCUT2D eigenvalue weighted by molar-refractivity contribution is 6.15. The second kappa shape index (κ2) is 7.48. The van der Waals surface area contributed by atoms with Crippen molar-refractivity contribution in [3.05, 3.63) is 65.0 Å². The first-order chi connectivity index (χ1) is 15.7. The lowest BCUT2D eigenvalue weighted by Gasteiger charge is -2.29. The maximum atomic E-state index is 13.7. The first-order valence-electron chi connectivity index (χ1n) is 10.8. The van der Waals surface area contributed by atoms with Gasteiger partial charge in [0, 0.05) is 23.7 Å². The maximum absolute atomic E-state index is 13.7. The van der Waals surface area contributed by atoms with Crippen LogP contribution in [0.5, 0.6) is 0 Å². The summed E-state index contributed by atoms with van der Waals surface area (Å²) in [6.45, 7) is 1.84. The van der Waals surface area contributed by atoms with Crippen molar-refractivity contribution in [1.29, 1.82) is 0 Å². The number of carbonyl (C=O) groups excluding carboxylic acids is 4. The van der Waals surface area contributed by atoms with E-state index in [0.717, 1.165) is 10.5 Å². The van der Waals surface area contributed by atoms with Crippen molar-refractivity contribution in [2.24, 2.45) is 17.6 Å². The third kappa shape index (κ3) is 3.06. The van der Waals surface area contributed by atoms with Gasteiger partial charge < -0.3 is 11.1 Å². The number of rotatable bonds is 5. The SMILES string of the molecule is Cc1cccc2c1NC(=O)[C@]21N[C@H](CCC(N)=O)[C@H]2C(=O)N(Cc3ccc(F)cc3)C(=O)[C@H]21. The molecule has 1 spiro atoms. The average molecular weight is 450 g/mol. The van der Waals surface area contributed by atoms with Crippen molar-refractivity contribution < 1.29 is 23.6 Å². The minimum Gasteiger partial charge on any atom is -0.370 e. The minimum absolute atomic E-state index is 0.0126. The van der Waals surface area contributed by atoms with Gasteiger partial charge in [0.05, 0.1) is 18.4 Å². The molecule has 9 heteroatoms. The Morgan fingerprint density at radius 3 is 2.55 bits per heavy atom. The zero-order valence-electron chi connectivity index (χ0n) is 17.9. The monoisotopic (exact) mass is 450 g/mol. The smallest absolute Gasteiger partial charge is 0.250 e. The van der Waals surface area contributed by atoms with Crippen LogP contribution in [0.4, 0.5) is 10.1 Å². The number of nitrogens with zero attached hydrogens (tertiary/aromatic N) is 1. The Kier molecular flexibility index (Phi) is 4.82. The quantitative estimate of drug-likeness (QED) is 0.593. The molecule has 2 fully saturated rings. The number of anilines is 1. The van der Waals surface area contributed by atoms with Gasteiger partial charge in [-0.3, -0.25) is 29.4 Å². The lowest BCUT2D eigenvalue weighted by Crippen LogP contribution is -2.53. The molecule has 2 saturated heterocycles. The lowest BCUT2D eigenvalue weighted by atomic mass is 9.76. The Labute approximate surface area is 189 Å². The van der Waals surface area contributed by atoms with E-state index in [1.54, 1.807) is 12.1 Å². The molecule has 5 rings (SSSR count). The van der Waals surface area contributed by atoms with Crippen LogP contribution in [0.15, 0.2) is 42.5 Å². The number of benzene rings is 2. The van der Waals surface area contributed by atoms with Gasteiger partial charge in [-0.15, -0.1) is 0 Å². The summed E-state index contributed by atoms with van der Waals surface area (Å²) in [5.41, 5.74) is 6.61. The second-order valence-corrected chi connectivity index (χ2v) is 8.91. The van der Waals surface area contributed by atoms with E-state index >= 15 is 0 Å². The van der Waals surface area contributed by atoms with Gasteiger partial charge in [0.2, 0.25) is 23.6 Å². The molecule has 33 heavy (non-hydrogen) atoms. The minimum atomic E-state index is -1.42. The van der Waals surface area contributed by atoms with E-state index in [0.29, 0.717) is 16.8 Å². The Bertz CT molecular complexity index is 1200. The van der Waals surface area contributed by atoms with Crippen LogP contribution in [-0.4, -0.2) is 34.6 Å². The molecule has 2 aromatic rings. The number of aryl methyl sites for hydroxylation is 1. The largest absolute Gasteiger partial charge is 0.370 e. The number of nitrogens with two attached hydrogens (primary N) is 1. The number of nitrogens with one attached hydrogen (secondary N) is 2. The van der Waals surface area contributed by atoms with Crippen molar-refractivity contribution in [2.45, 2.75) is 37.9 Å². The molecule has 0 radical (unpaired) electrons. The molecule has 4 N–H and O–H groups in total. The van der Waals surface area contributed by atoms with Crippen molar-refractivity contribution in [2.75, 3.05) is 5.32 Å². The standard InChI is InChI=1S/C24H23FN4O4/c1-12-3-2-4-15-20(12)27-23(33)24(15)19-18(16(28-24)9-10-17(26)30)21(31)29(22(19)32)11-13-5-7-14(25)8-6-13/h2-8,16,18-19,28H,9-11H2,1H3,(H2,26,30)(H,27,33)/t16-,18-,19+,24+/m1/s1. The summed E-state index contributed by atoms with van der Waals surface area (Å²) in [5, 5.41) is 6.16. The van der Waals surface area contributed by atoms with Gasteiger partial charge in [0.15, 0.2) is 0 Å². The number of carbonyl (C=O) groups is 4. The molecule has 3 aliphatic heterocycles. The summed E-state index contributed by atoms with van der Waals surface area (Å²) < 4.78 is 13.3. The molecule has 0 bridgehead atoms. The Morgan fingerprint density at radius 2 is 1.85 bits per heavy atom. The van der Waals surface area contributed by atoms with Crippen LogP contribution in [0.2, 0.25) is 0 Å². The van der Waals surface area contributed by atoms with Gasteiger partial charge in [-0.25, -0.2) is 4.39 Å². The summed E-state index contributed by atoms with van der Waals surface area (Å²) >= 11 is 0. The first kappa shape index (κ1) is 21.3. The van der Waals surface area contributed by atoms with Crippen LogP contribution in [0, 0.1) is 24.6 Å². The zero-order chi connectivity index (χ0) is 23.5. The van der Waals surface area contributed by atoms with Gasteiger partial charge in [-0.2, -0.15) is 0 Å². The van der Waals surface area contributed by atoms with E-state index in [4.69, 9.17) is 5.73 Å². The van der Waals surface area contributed by atoms with E-state index in [9.17, 15) is 23.6 Å². The number of hydrogen-bond donors (Lipinski definition) is 3. The molecular weight excluding hydrogens is 427 g/mol. The molecule has 3 aliphatic rings. The van der Waals surface area contributed by atoms with Gasteiger partial charge in [0.1, 0.15) is 11.4 Å². The van der Waals surface area contributed by atoms with E-state index in [-0.39, 0.29) is 19.4 Å². The molecule has 0 aromatic heterocycles. The third-order valence-electron chi connectivity index (χ3n) is 7.01. The van der Waals surface area contributed by atoms with Crippen molar-refractivity contribution in [3.63, 3.8) is 0 Å². The van der Waals surface area contributed by atoms with Crippen LogP contribution < -0.4 is 16.4 Å². The molecule has 170 valence electrons. The topological polar surface area (TPSA) is 122 Å². The summed E-state index contributed by atoms with van der Waals surface area (Å²) in [6.07, 6.45) is 0.231. The van der Waals surface area contributed by atoms with Crippen LogP contribution in [0.1, 0.15) is 29.5 Å². The van der Waals surface area contributed by atoms with E-state index in [1.165, 1.54) is 24.3 Å². The van der Waals surface area contributed by atoms with Crippen molar-refractivity contribution >= 4 is 29.3 Å². The Balaban J connectivity index is 1.58. The predicted molar refractivity (Wildman–Crippen MR) is 116 cm³/mol. The van der Waals surface area contributed by atoms with Crippen molar-refractivity contribution in [1.82, 2.24) is 10.2 Å². The van der Waals surface area contributed by atoms with Crippen LogP contribution >= 0.6 is 0 Å². The number of hydrogen-bond acceptors (Lipinski definition) is 5. The number of fused-ring (bicyclic) bond motifs is 4. The highest BCUT2D eigenvalue weighted by atomic mass is 19.1. The molecule has 4 amide bonds. The van der Waals surface area contributed by atoms with Gasteiger partial charge in [-0.05, 0) is 36.6 Å². The van der Waals surface area contributed by atoms with E-state index < -0.39 is 52.9 Å². The fraction of sp³-hybridized carbons (Fsp3) is 0.333. The van der Waals surface area contributed by atoms with Crippen LogP contribution in [-0.2, 0) is 31.3 Å². The zero-order valence-corrected chi connectivity index (χ0v) is 17.9. The number of amides is 4. The highest BCUT2D eigenvalue weighted by Crippen LogP contribution is 2.54. The number of imide groups is 1. The maximum Gasteiger partial charge on any atom is 0.250 e. The molecular formula is C24H23FN4O4. The van der Waals surface area contributed by atoms with E-state index in [2.05, 4.69) is 10.6 Å². The van der Waals surface area contributed by atoms with Gasteiger partial charge >= 0.3 is 0 Å². The molecule has 0 aliphatic carbocycles. The number of halogens is 1. The first-order valence-corrected chi connectivity index (χ1v) is 10.8. The molecule has 3 heterocycles. The number of para-hydroxylation sites is 1. The number of likely N-dealkylation sites (tertiary alicyclic amines) is 1. The number of primary amides is 1. The molecule has 8 nitrogen and oxygen atoms in total. The molecule has 2 aromatic carbocycles. The highest BCUT2D eigenvalue weighted by Gasteiger charge is 2.70. The van der Waals surface area contributed by atoms with E-state index in [1.807, 2.05) is 13.0 Å². The Morgan fingerprint density at radius 1 is 1.12 bits per heavy atom. The third-order valence-corrected chi connectivity index (χ3v) is 7.01. The fourth-order valence-electron chi connectivity index (χ4n) is 5.51. The Hall–Kier alpha value is -3.59. The molecule has 0 saturated carbocycles. The molecule has 4 atom stereocenters. The summed E-state index contributed by atoms with van der Waals surface area (Å²) in [7, 11) is 0. The summed E-state index contributed by atoms with van der Waals surface area (Å²) in [5.74, 6) is -4.01. The van der Waals surface area contributed by atoms with Crippen LogP contribution in [0.25, 0.3) is 0 Å². The average Bonchev–Trinajstić information content (AvgIpc) is 3.35. The van der Waals surface area contributed by atoms with Crippen molar-refractivity contribution in [3.8, 4) is 0 Å². The predicted octanol–water partition coefficient (Wildman–Crippen LogP) is 1.32. The normalized spacial score (nSPS) is 27.8. The van der Waals surface area contributed by atoms with Gasteiger partial charge in [-0.1, -0.05) is 30.3 Å². The van der Waals surface area contributed by atoms with Crippen LogP contribution in [0.3, 0.4) is 0 Å². The van der Waals surface area contributed by atoms with Gasteiger partial charge in [0.25, 0.3) is 0 Å². The molecule has 0 unspecified atom stereocenters. The second-order valence-electron chi connectivity index (χ2n) is 8.91. The summed E-state index contributed by atoms with van der Waals surface area (Å²) in [6, 6.07) is 10.4.